The molecule has 8 heteroatoms. The Kier molecular flexibility index (Phi) is 3.85. The number of fused-ring (bicyclic) bond motifs is 2. The molecule has 4 atom stereocenters. The molecule has 0 saturated carbocycles. The summed E-state index contributed by atoms with van der Waals surface area (Å²) >= 11 is 1.22. The highest BCUT2D eigenvalue weighted by Crippen LogP contribution is 2.40. The van der Waals surface area contributed by atoms with Gasteiger partial charge in [0.15, 0.2) is 5.13 Å². The number of carbonyl (C=O) groups is 2. The smallest absolute Gasteiger partial charge is 0.310 e. The van der Waals surface area contributed by atoms with Gasteiger partial charge in [-0.15, -0.1) is 11.3 Å². The van der Waals surface area contributed by atoms with E-state index in [-0.39, 0.29) is 5.82 Å². The van der Waals surface area contributed by atoms with E-state index >= 15 is 0 Å². The number of hydrogen-bond acceptors (Lipinski definition) is 5. The third-order valence-corrected chi connectivity index (χ3v) is 5.12. The van der Waals surface area contributed by atoms with Crippen LogP contribution in [0.2, 0.25) is 0 Å². The number of aliphatic carboxylic acids is 1. The number of carboxylic acid groups (broad SMARTS) is 1. The van der Waals surface area contributed by atoms with Crippen LogP contribution in [0.3, 0.4) is 0 Å². The van der Waals surface area contributed by atoms with Gasteiger partial charge in [-0.05, 0) is 24.3 Å². The summed E-state index contributed by atoms with van der Waals surface area (Å²) in [5.41, 5.74) is 1.34. The molecule has 0 aliphatic carbocycles. The van der Waals surface area contributed by atoms with Gasteiger partial charge >= 0.3 is 5.97 Å². The molecule has 2 aliphatic heterocycles. The maximum atomic E-state index is 13.0. The van der Waals surface area contributed by atoms with E-state index < -0.39 is 35.9 Å². The number of aromatic nitrogens is 1. The van der Waals surface area contributed by atoms with E-state index in [1.54, 1.807) is 29.7 Å². The van der Waals surface area contributed by atoms with Gasteiger partial charge in [-0.25, -0.2) is 9.37 Å². The summed E-state index contributed by atoms with van der Waals surface area (Å²) in [7, 11) is 0. The molecule has 1 aromatic carbocycles. The molecule has 1 fully saturated rings. The Morgan fingerprint density at radius 3 is 2.52 bits per heavy atom. The molecule has 0 radical (unpaired) electrons. The van der Waals surface area contributed by atoms with Crippen LogP contribution in [0.5, 0.6) is 0 Å². The van der Waals surface area contributed by atoms with Crippen LogP contribution < -0.4 is 5.32 Å². The first kappa shape index (κ1) is 15.9. The maximum absolute atomic E-state index is 13.0. The summed E-state index contributed by atoms with van der Waals surface area (Å²) in [5.74, 6) is -3.50. The Hall–Kier alpha value is -2.58. The van der Waals surface area contributed by atoms with E-state index in [9.17, 15) is 19.1 Å². The van der Waals surface area contributed by atoms with Crippen molar-refractivity contribution in [3.05, 3.63) is 47.6 Å². The first-order chi connectivity index (χ1) is 12.0. The molecule has 1 amide bonds. The van der Waals surface area contributed by atoms with Crippen molar-refractivity contribution in [2.24, 2.45) is 11.8 Å². The quantitative estimate of drug-likeness (QED) is 0.818. The number of halogens is 1. The van der Waals surface area contributed by atoms with Gasteiger partial charge in [0.2, 0.25) is 5.91 Å². The minimum atomic E-state index is -1.05. The van der Waals surface area contributed by atoms with E-state index in [1.807, 2.05) is 0 Å². The van der Waals surface area contributed by atoms with E-state index in [0.29, 0.717) is 10.8 Å². The summed E-state index contributed by atoms with van der Waals surface area (Å²) < 4.78 is 18.5. The van der Waals surface area contributed by atoms with Gasteiger partial charge < -0.3 is 15.2 Å². The zero-order valence-electron chi connectivity index (χ0n) is 12.8. The van der Waals surface area contributed by atoms with Crippen molar-refractivity contribution in [1.82, 2.24) is 4.98 Å². The Morgan fingerprint density at radius 1 is 1.16 bits per heavy atom. The van der Waals surface area contributed by atoms with Crippen LogP contribution in [0.4, 0.5) is 9.52 Å². The molecule has 4 rings (SSSR count). The van der Waals surface area contributed by atoms with Gasteiger partial charge in [0.25, 0.3) is 0 Å². The number of hydrogen-bond donors (Lipinski definition) is 2. The molecule has 0 spiro atoms. The summed E-state index contributed by atoms with van der Waals surface area (Å²) in [6, 6.07) is 5.88. The lowest BCUT2D eigenvalue weighted by Crippen LogP contribution is -2.39. The molecular weight excluding hydrogens is 347 g/mol. The molecular formula is C17H13FN2O4S. The van der Waals surface area contributed by atoms with Gasteiger partial charge in [-0.1, -0.05) is 12.2 Å². The summed E-state index contributed by atoms with van der Waals surface area (Å²) in [4.78, 5) is 28.3. The van der Waals surface area contributed by atoms with Crippen molar-refractivity contribution < 1.29 is 23.8 Å². The maximum Gasteiger partial charge on any atom is 0.310 e. The van der Waals surface area contributed by atoms with Crippen molar-refractivity contribution in [1.29, 1.82) is 0 Å². The molecule has 2 aliphatic rings. The number of carboxylic acids is 1. The van der Waals surface area contributed by atoms with Crippen molar-refractivity contribution >= 4 is 28.3 Å². The van der Waals surface area contributed by atoms with Gasteiger partial charge in [-0.2, -0.15) is 0 Å². The molecule has 25 heavy (non-hydrogen) atoms. The van der Waals surface area contributed by atoms with Gasteiger partial charge in [0.05, 0.1) is 23.8 Å². The number of rotatable bonds is 4. The first-order valence-electron chi connectivity index (χ1n) is 7.62. The van der Waals surface area contributed by atoms with Crippen molar-refractivity contribution in [3.8, 4) is 11.3 Å². The zero-order chi connectivity index (χ0) is 17.6. The number of thiazole rings is 1. The zero-order valence-corrected chi connectivity index (χ0v) is 13.6. The molecule has 1 saturated heterocycles. The average Bonchev–Trinajstić information content (AvgIpc) is 3.30. The topological polar surface area (TPSA) is 88.5 Å². The fourth-order valence-electron chi connectivity index (χ4n) is 3.19. The van der Waals surface area contributed by atoms with Crippen LogP contribution in [-0.4, -0.2) is 34.2 Å². The van der Waals surface area contributed by atoms with Crippen LogP contribution >= 0.6 is 11.3 Å². The molecule has 128 valence electrons. The van der Waals surface area contributed by atoms with Crippen LogP contribution in [0.1, 0.15) is 0 Å². The van der Waals surface area contributed by atoms with E-state index in [0.717, 1.165) is 5.56 Å². The lowest BCUT2D eigenvalue weighted by atomic mass is 9.82. The second kappa shape index (κ2) is 6.05. The highest BCUT2D eigenvalue weighted by Gasteiger charge is 2.53. The monoisotopic (exact) mass is 360 g/mol. The highest BCUT2D eigenvalue weighted by atomic mass is 32.1. The molecule has 2 aromatic rings. The third kappa shape index (κ3) is 2.83. The Labute approximate surface area is 146 Å². The van der Waals surface area contributed by atoms with Crippen LogP contribution in [0.15, 0.2) is 41.8 Å². The fraction of sp³-hybridized carbons (Fsp3) is 0.235. The Balaban J connectivity index is 1.51. The predicted molar refractivity (Wildman–Crippen MR) is 88.6 cm³/mol. The molecule has 2 N–H and O–H groups in total. The van der Waals surface area contributed by atoms with Crippen LogP contribution in [0.25, 0.3) is 11.3 Å². The lowest BCUT2D eigenvalue weighted by molar-refractivity contribution is -0.145. The van der Waals surface area contributed by atoms with Crippen molar-refractivity contribution in [3.63, 3.8) is 0 Å². The second-order valence-corrected chi connectivity index (χ2v) is 6.73. The average molecular weight is 360 g/mol. The number of amides is 1. The van der Waals surface area contributed by atoms with E-state index in [4.69, 9.17) is 4.74 Å². The molecule has 6 nitrogen and oxygen atoms in total. The van der Waals surface area contributed by atoms with E-state index in [1.165, 1.54) is 23.5 Å². The Bertz CT molecular complexity index is 864. The first-order valence-corrected chi connectivity index (χ1v) is 8.50. The number of carbonyl (C=O) groups excluding carboxylic acids is 1. The van der Waals surface area contributed by atoms with Crippen molar-refractivity contribution in [2.75, 3.05) is 5.32 Å². The van der Waals surface area contributed by atoms with Gasteiger partial charge in [0, 0.05) is 10.9 Å². The standard InChI is InChI=1S/C17H13FN2O4S/c18-9-3-1-8(2-4-9)10-7-25-17(19-10)20-15(21)13-11-5-6-12(24-11)14(13)16(22)23/h1-7,11-14H,(H,22,23)(H,19,20,21). The molecule has 1 aromatic heterocycles. The second-order valence-electron chi connectivity index (χ2n) is 5.87. The van der Waals surface area contributed by atoms with Crippen LogP contribution in [0, 0.1) is 17.7 Å². The number of nitrogens with one attached hydrogen (secondary N) is 1. The van der Waals surface area contributed by atoms with Gasteiger partial charge in [-0.3, -0.25) is 9.59 Å². The van der Waals surface area contributed by atoms with Crippen molar-refractivity contribution in [2.45, 2.75) is 12.2 Å². The summed E-state index contributed by atoms with van der Waals surface area (Å²) in [5, 5.41) is 14.1. The normalized spacial score (nSPS) is 26.8. The minimum absolute atomic E-state index is 0.337. The molecule has 2 bridgehead atoms. The van der Waals surface area contributed by atoms with E-state index in [2.05, 4.69) is 10.3 Å². The number of anilines is 1. The molecule has 4 unspecified atom stereocenters. The lowest BCUT2D eigenvalue weighted by Gasteiger charge is -2.20. The largest absolute Gasteiger partial charge is 0.481 e. The summed E-state index contributed by atoms with van der Waals surface area (Å²) in [6.45, 7) is 0. The fourth-order valence-corrected chi connectivity index (χ4v) is 3.91. The van der Waals surface area contributed by atoms with Crippen LogP contribution in [-0.2, 0) is 14.3 Å². The summed E-state index contributed by atoms with van der Waals surface area (Å²) in [6.07, 6.45) is 2.32. The number of nitrogens with zero attached hydrogens (tertiary/aromatic N) is 1. The number of ether oxygens (including phenoxy) is 1. The number of benzene rings is 1. The predicted octanol–water partition coefficient (Wildman–Crippen LogP) is 2.54. The SMILES string of the molecule is O=C(O)C1C2C=CC(O2)C1C(=O)Nc1nc(-c2ccc(F)cc2)cs1. The molecule has 3 heterocycles. The third-order valence-electron chi connectivity index (χ3n) is 4.36. The minimum Gasteiger partial charge on any atom is -0.481 e. The Morgan fingerprint density at radius 2 is 1.84 bits per heavy atom. The van der Waals surface area contributed by atoms with Gasteiger partial charge in [0.1, 0.15) is 11.7 Å². The highest BCUT2D eigenvalue weighted by molar-refractivity contribution is 7.14.